The molecule has 0 aliphatic heterocycles. The van der Waals surface area contributed by atoms with E-state index in [1.54, 1.807) is 23.7 Å². The van der Waals surface area contributed by atoms with Gasteiger partial charge in [0.2, 0.25) is 0 Å². The zero-order valence-electron chi connectivity index (χ0n) is 17.2. The minimum Gasteiger partial charge on any atom is -0.367 e. The molecule has 1 aromatic carbocycles. The largest absolute Gasteiger partial charge is 0.367 e. The number of fused-ring (bicyclic) bond motifs is 1. The molecule has 1 aliphatic carbocycles. The van der Waals surface area contributed by atoms with E-state index in [-0.39, 0.29) is 6.04 Å². The fourth-order valence-electron chi connectivity index (χ4n) is 3.55. The number of hydrogen-bond acceptors (Lipinski definition) is 6. The molecule has 0 spiro atoms. The van der Waals surface area contributed by atoms with Crippen molar-refractivity contribution in [3.8, 4) is 11.4 Å². The normalized spacial score (nSPS) is 14.9. The quantitative estimate of drug-likeness (QED) is 0.406. The number of benzene rings is 1. The maximum absolute atomic E-state index is 6.42. The lowest BCUT2D eigenvalue weighted by molar-refractivity contribution is 0.698. The highest BCUT2D eigenvalue weighted by Gasteiger charge is 2.18. The minimum atomic E-state index is -0.00835. The maximum Gasteiger partial charge on any atom is 0.162 e. The molecule has 0 unspecified atom stereocenters. The smallest absolute Gasteiger partial charge is 0.162 e. The molecule has 4 aromatic rings. The molecule has 1 aliphatic rings. The van der Waals surface area contributed by atoms with Crippen LogP contribution in [0.2, 0.25) is 0 Å². The lowest BCUT2D eigenvalue weighted by atomic mass is 10.1. The van der Waals surface area contributed by atoms with Crippen molar-refractivity contribution in [2.24, 2.45) is 11.7 Å². The SMILES string of the molecule is N[C@H](CNc1nc(-c2ccncc2)nc2c(/C=C/C3CC3)csc12)Cc1ccccc1. The topological polar surface area (TPSA) is 76.7 Å². The van der Waals surface area contributed by atoms with Gasteiger partial charge in [0.1, 0.15) is 5.82 Å². The summed E-state index contributed by atoms with van der Waals surface area (Å²) in [4.78, 5) is 13.9. The number of nitrogens with zero attached hydrogens (tertiary/aromatic N) is 3. The third kappa shape index (κ3) is 4.81. The van der Waals surface area contributed by atoms with Crippen molar-refractivity contribution < 1.29 is 0 Å². The highest BCUT2D eigenvalue weighted by atomic mass is 32.1. The third-order valence-electron chi connectivity index (χ3n) is 5.42. The summed E-state index contributed by atoms with van der Waals surface area (Å²) in [7, 11) is 0. The summed E-state index contributed by atoms with van der Waals surface area (Å²) in [5.74, 6) is 2.27. The first kappa shape index (κ1) is 19.8. The van der Waals surface area contributed by atoms with E-state index in [4.69, 9.17) is 15.7 Å². The van der Waals surface area contributed by atoms with Crippen LogP contribution >= 0.6 is 11.3 Å². The van der Waals surface area contributed by atoms with E-state index < -0.39 is 0 Å². The summed E-state index contributed by atoms with van der Waals surface area (Å²) < 4.78 is 1.07. The van der Waals surface area contributed by atoms with Crippen LogP contribution in [-0.2, 0) is 6.42 Å². The van der Waals surface area contributed by atoms with Gasteiger partial charge in [-0.2, -0.15) is 0 Å². The molecular weight excluding hydrogens is 402 g/mol. The number of nitrogens with two attached hydrogens (primary N) is 1. The molecule has 1 saturated carbocycles. The van der Waals surface area contributed by atoms with Gasteiger partial charge in [0.25, 0.3) is 0 Å². The van der Waals surface area contributed by atoms with E-state index in [0.717, 1.165) is 39.5 Å². The Balaban J connectivity index is 1.44. The van der Waals surface area contributed by atoms with Crippen molar-refractivity contribution in [1.82, 2.24) is 15.0 Å². The molecule has 0 bridgehead atoms. The van der Waals surface area contributed by atoms with Crippen molar-refractivity contribution in [2.45, 2.75) is 25.3 Å². The van der Waals surface area contributed by atoms with Gasteiger partial charge in [-0.05, 0) is 42.9 Å². The van der Waals surface area contributed by atoms with Crippen LogP contribution in [0, 0.1) is 5.92 Å². The van der Waals surface area contributed by atoms with Crippen molar-refractivity contribution >= 4 is 33.4 Å². The van der Waals surface area contributed by atoms with E-state index >= 15 is 0 Å². The number of allylic oxidation sites excluding steroid dienone is 1. The molecule has 156 valence electrons. The van der Waals surface area contributed by atoms with E-state index in [9.17, 15) is 0 Å². The summed E-state index contributed by atoms with van der Waals surface area (Å²) in [6.45, 7) is 0.641. The van der Waals surface area contributed by atoms with E-state index in [2.05, 4.69) is 40.0 Å². The first-order valence-corrected chi connectivity index (χ1v) is 11.6. The summed E-state index contributed by atoms with van der Waals surface area (Å²) in [5.41, 5.74) is 10.8. The fraction of sp³-hybridized carbons (Fsp3) is 0.240. The maximum atomic E-state index is 6.42. The Bertz CT molecular complexity index is 1180. The Morgan fingerprint density at radius 2 is 1.90 bits per heavy atom. The number of nitrogens with one attached hydrogen (secondary N) is 1. The van der Waals surface area contributed by atoms with Gasteiger partial charge in [-0.15, -0.1) is 11.3 Å². The summed E-state index contributed by atoms with van der Waals surface area (Å²) >= 11 is 1.68. The molecule has 3 aromatic heterocycles. The second kappa shape index (κ2) is 8.96. The highest BCUT2D eigenvalue weighted by Crippen LogP contribution is 2.35. The zero-order chi connectivity index (χ0) is 21.0. The van der Waals surface area contributed by atoms with Crippen molar-refractivity contribution in [3.05, 3.63) is 77.4 Å². The Morgan fingerprint density at radius 1 is 1.10 bits per heavy atom. The van der Waals surface area contributed by atoms with Crippen LogP contribution in [0.1, 0.15) is 24.0 Å². The molecule has 6 heteroatoms. The van der Waals surface area contributed by atoms with Crippen molar-refractivity contribution in [3.63, 3.8) is 0 Å². The van der Waals surface area contributed by atoms with Gasteiger partial charge in [0, 0.05) is 41.5 Å². The van der Waals surface area contributed by atoms with Crippen LogP contribution < -0.4 is 11.1 Å². The number of rotatable bonds is 8. The number of hydrogen-bond donors (Lipinski definition) is 2. The average Bonchev–Trinajstić information content (AvgIpc) is 3.55. The standard InChI is InChI=1S/C25H25N5S/c26-21(14-18-4-2-1-3-5-18)15-28-25-23-22(20(16-31-23)9-8-17-6-7-17)29-24(30-25)19-10-12-27-13-11-19/h1-5,8-13,16-17,21H,6-7,14-15,26H2,(H,28,29,30)/b9-8+/t21-/m0/s1. The van der Waals surface area contributed by atoms with Crippen LogP contribution in [0.5, 0.6) is 0 Å². The molecule has 0 saturated heterocycles. The molecule has 0 amide bonds. The predicted octanol–water partition coefficient (Wildman–Crippen LogP) is 5.16. The van der Waals surface area contributed by atoms with Gasteiger partial charge in [-0.25, -0.2) is 9.97 Å². The number of thiophene rings is 1. The predicted molar refractivity (Wildman–Crippen MR) is 129 cm³/mol. The Kier molecular flexibility index (Phi) is 5.74. The van der Waals surface area contributed by atoms with Gasteiger partial charge in [0.15, 0.2) is 5.82 Å². The molecule has 3 heterocycles. The summed E-state index contributed by atoms with van der Waals surface area (Å²) in [6, 6.07) is 14.2. The highest BCUT2D eigenvalue weighted by molar-refractivity contribution is 7.18. The summed E-state index contributed by atoms with van der Waals surface area (Å²) in [6.07, 6.45) is 11.5. The molecule has 3 N–H and O–H groups in total. The van der Waals surface area contributed by atoms with Gasteiger partial charge < -0.3 is 11.1 Å². The van der Waals surface area contributed by atoms with Gasteiger partial charge in [-0.3, -0.25) is 4.98 Å². The first-order valence-electron chi connectivity index (χ1n) is 10.7. The molecule has 1 atom stereocenters. The van der Waals surface area contributed by atoms with E-state index in [0.29, 0.717) is 12.4 Å². The number of anilines is 1. The van der Waals surface area contributed by atoms with Crippen LogP contribution in [0.15, 0.2) is 66.3 Å². The zero-order valence-corrected chi connectivity index (χ0v) is 18.1. The minimum absolute atomic E-state index is 0.00835. The van der Waals surface area contributed by atoms with Crippen molar-refractivity contribution in [1.29, 1.82) is 0 Å². The van der Waals surface area contributed by atoms with Crippen LogP contribution in [-0.4, -0.2) is 27.5 Å². The van der Waals surface area contributed by atoms with Crippen LogP contribution in [0.3, 0.4) is 0 Å². The summed E-state index contributed by atoms with van der Waals surface area (Å²) in [5, 5.41) is 5.67. The number of pyridine rings is 1. The van der Waals surface area contributed by atoms with Crippen molar-refractivity contribution in [2.75, 3.05) is 11.9 Å². The molecule has 5 nitrogen and oxygen atoms in total. The van der Waals surface area contributed by atoms with E-state index in [1.807, 2.05) is 30.3 Å². The Hall–Kier alpha value is -3.09. The number of aromatic nitrogens is 3. The second-order valence-electron chi connectivity index (χ2n) is 8.03. The monoisotopic (exact) mass is 427 g/mol. The van der Waals surface area contributed by atoms with Crippen LogP contribution in [0.4, 0.5) is 5.82 Å². The van der Waals surface area contributed by atoms with Gasteiger partial charge in [-0.1, -0.05) is 42.5 Å². The molecule has 0 radical (unpaired) electrons. The van der Waals surface area contributed by atoms with Gasteiger partial charge >= 0.3 is 0 Å². The third-order valence-corrected chi connectivity index (χ3v) is 6.42. The Labute approximate surface area is 186 Å². The molecule has 1 fully saturated rings. The second-order valence-corrected chi connectivity index (χ2v) is 8.91. The van der Waals surface area contributed by atoms with E-state index in [1.165, 1.54) is 18.4 Å². The Morgan fingerprint density at radius 3 is 2.68 bits per heavy atom. The lowest BCUT2D eigenvalue weighted by Gasteiger charge is -2.14. The van der Waals surface area contributed by atoms with Crippen LogP contribution in [0.25, 0.3) is 27.7 Å². The fourth-order valence-corrected chi connectivity index (χ4v) is 4.49. The van der Waals surface area contributed by atoms with Gasteiger partial charge in [0.05, 0.1) is 10.2 Å². The first-order chi connectivity index (χ1) is 15.3. The molecular formula is C25H25N5S. The molecule has 5 rings (SSSR count). The lowest BCUT2D eigenvalue weighted by Crippen LogP contribution is -2.31. The average molecular weight is 428 g/mol. The molecule has 31 heavy (non-hydrogen) atoms.